The van der Waals surface area contributed by atoms with Crippen LogP contribution in [0.25, 0.3) is 0 Å². The summed E-state index contributed by atoms with van der Waals surface area (Å²) < 4.78 is 10.6. The van der Waals surface area contributed by atoms with Crippen molar-refractivity contribution in [3.8, 4) is 0 Å². The van der Waals surface area contributed by atoms with E-state index < -0.39 is 17.7 Å². The third kappa shape index (κ3) is 4.52. The van der Waals surface area contributed by atoms with Crippen LogP contribution in [0.1, 0.15) is 45.8 Å². The van der Waals surface area contributed by atoms with Crippen LogP contribution < -0.4 is 5.32 Å². The molecule has 1 aromatic heterocycles. The molecule has 0 spiro atoms. The van der Waals surface area contributed by atoms with Crippen molar-refractivity contribution in [2.75, 3.05) is 13.1 Å². The van der Waals surface area contributed by atoms with Gasteiger partial charge >= 0.3 is 6.09 Å². The molecule has 0 aromatic carbocycles. The fourth-order valence-electron chi connectivity index (χ4n) is 3.83. The molecular formula is C18H27N3O4. The lowest BCUT2D eigenvalue weighted by molar-refractivity contribution is -0.132. The van der Waals surface area contributed by atoms with Crippen LogP contribution >= 0.6 is 0 Å². The predicted octanol–water partition coefficient (Wildman–Crippen LogP) is 2.37. The minimum atomic E-state index is -0.707. The lowest BCUT2D eigenvalue weighted by Gasteiger charge is -2.26. The van der Waals surface area contributed by atoms with Gasteiger partial charge in [-0.05, 0) is 45.4 Å². The van der Waals surface area contributed by atoms with Crippen molar-refractivity contribution < 1.29 is 18.7 Å². The first kappa shape index (κ1) is 17.8. The van der Waals surface area contributed by atoms with Crippen LogP contribution in [0.5, 0.6) is 0 Å². The molecular weight excluding hydrogens is 322 g/mol. The molecule has 2 amide bonds. The van der Waals surface area contributed by atoms with E-state index in [0.29, 0.717) is 17.6 Å². The normalized spacial score (nSPS) is 24.0. The van der Waals surface area contributed by atoms with Crippen LogP contribution in [0.3, 0.4) is 0 Å². The molecule has 0 bridgehead atoms. The Labute approximate surface area is 148 Å². The van der Waals surface area contributed by atoms with Crippen molar-refractivity contribution in [1.29, 1.82) is 0 Å². The number of alkyl carbamates (subject to hydrolysis) is 1. The summed E-state index contributed by atoms with van der Waals surface area (Å²) >= 11 is 0. The van der Waals surface area contributed by atoms with Gasteiger partial charge in [-0.1, -0.05) is 6.42 Å². The molecule has 1 saturated heterocycles. The van der Waals surface area contributed by atoms with E-state index in [2.05, 4.69) is 10.3 Å². The highest BCUT2D eigenvalue weighted by atomic mass is 16.6. The number of carbonyl (C=O) groups is 2. The van der Waals surface area contributed by atoms with Gasteiger partial charge in [-0.15, -0.1) is 0 Å². The molecule has 1 N–H and O–H groups in total. The molecule has 1 unspecified atom stereocenters. The van der Waals surface area contributed by atoms with Crippen molar-refractivity contribution in [1.82, 2.24) is 15.2 Å². The molecule has 2 heterocycles. The first-order valence-electron chi connectivity index (χ1n) is 8.97. The molecule has 2 aliphatic rings. The van der Waals surface area contributed by atoms with Crippen LogP contribution in [-0.2, 0) is 16.0 Å². The van der Waals surface area contributed by atoms with Gasteiger partial charge in [-0.25, -0.2) is 9.78 Å². The molecule has 1 aliphatic carbocycles. The third-order valence-electron chi connectivity index (χ3n) is 4.92. The molecule has 138 valence electrons. The van der Waals surface area contributed by atoms with Gasteiger partial charge in [0.05, 0.1) is 6.20 Å². The molecule has 1 saturated carbocycles. The summed E-state index contributed by atoms with van der Waals surface area (Å²) in [6, 6.07) is -0.707. The van der Waals surface area contributed by atoms with E-state index in [4.69, 9.17) is 9.15 Å². The maximum absolute atomic E-state index is 13.0. The van der Waals surface area contributed by atoms with Gasteiger partial charge in [-0.2, -0.15) is 0 Å². The molecule has 7 heteroatoms. The van der Waals surface area contributed by atoms with Gasteiger partial charge in [0.2, 0.25) is 5.91 Å². The zero-order chi connectivity index (χ0) is 18.0. The van der Waals surface area contributed by atoms with E-state index in [1.807, 2.05) is 4.90 Å². The van der Waals surface area contributed by atoms with Crippen LogP contribution in [-0.4, -0.2) is 46.6 Å². The Morgan fingerprint density at radius 2 is 2.04 bits per heavy atom. The van der Waals surface area contributed by atoms with Crippen LogP contribution in [0.15, 0.2) is 17.0 Å². The molecule has 3 atom stereocenters. The molecule has 0 radical (unpaired) electrons. The Kier molecular flexibility index (Phi) is 5.01. The van der Waals surface area contributed by atoms with Crippen molar-refractivity contribution >= 4 is 12.0 Å². The lowest BCUT2D eigenvalue weighted by atomic mass is 10.0. The van der Waals surface area contributed by atoms with Gasteiger partial charge in [0, 0.05) is 19.5 Å². The van der Waals surface area contributed by atoms with E-state index in [-0.39, 0.29) is 12.3 Å². The second-order valence-corrected chi connectivity index (χ2v) is 8.06. The zero-order valence-electron chi connectivity index (χ0n) is 15.2. The number of fused-ring (bicyclic) bond motifs is 1. The number of nitrogens with zero attached hydrogens (tertiary/aromatic N) is 2. The average molecular weight is 349 g/mol. The van der Waals surface area contributed by atoms with Crippen LogP contribution in [0, 0.1) is 11.8 Å². The largest absolute Gasteiger partial charge is 0.448 e. The predicted molar refractivity (Wildman–Crippen MR) is 90.8 cm³/mol. The van der Waals surface area contributed by atoms with Crippen molar-refractivity contribution in [3.05, 3.63) is 18.4 Å². The SMILES string of the molecule is CC(C)(C)OC(=O)NC(Cc1cnco1)C(=O)N1C[C@H]2CCC[C@H]2C1. The standard InChI is InChI=1S/C18H27N3O4/c1-18(2,3)25-17(23)20-15(7-14-8-19-11-24-14)16(22)21-9-12-5-4-6-13(12)10-21/h8,11-13,15H,4-7,9-10H2,1-3H3,(H,20,23)/t12-,13+,15?. The molecule has 1 aromatic rings. The summed E-state index contributed by atoms with van der Waals surface area (Å²) in [7, 11) is 0. The number of aromatic nitrogens is 1. The van der Waals surface area contributed by atoms with Gasteiger partial charge in [0.1, 0.15) is 17.4 Å². The first-order chi connectivity index (χ1) is 11.8. The number of oxazole rings is 1. The number of hydrogen-bond acceptors (Lipinski definition) is 5. The number of carbonyl (C=O) groups excluding carboxylic acids is 2. The molecule has 7 nitrogen and oxygen atoms in total. The number of likely N-dealkylation sites (tertiary alicyclic amines) is 1. The Morgan fingerprint density at radius 3 is 2.60 bits per heavy atom. The number of amides is 2. The summed E-state index contributed by atoms with van der Waals surface area (Å²) in [5.41, 5.74) is -0.616. The maximum atomic E-state index is 13.0. The summed E-state index contributed by atoms with van der Waals surface area (Å²) in [6.45, 7) is 6.95. The highest BCUT2D eigenvalue weighted by Gasteiger charge is 2.40. The van der Waals surface area contributed by atoms with Crippen LogP contribution in [0.4, 0.5) is 4.79 Å². The van der Waals surface area contributed by atoms with Crippen molar-refractivity contribution in [2.45, 2.75) is 58.1 Å². The molecule has 25 heavy (non-hydrogen) atoms. The Morgan fingerprint density at radius 1 is 1.36 bits per heavy atom. The molecule has 3 rings (SSSR count). The topological polar surface area (TPSA) is 84.7 Å². The number of rotatable bonds is 4. The Hall–Kier alpha value is -2.05. The second-order valence-electron chi connectivity index (χ2n) is 8.06. The first-order valence-corrected chi connectivity index (χ1v) is 8.97. The number of ether oxygens (including phenoxy) is 1. The van der Waals surface area contributed by atoms with E-state index in [9.17, 15) is 9.59 Å². The highest BCUT2D eigenvalue weighted by Crippen LogP contribution is 2.37. The maximum Gasteiger partial charge on any atom is 0.408 e. The third-order valence-corrected chi connectivity index (χ3v) is 4.92. The minimum absolute atomic E-state index is 0.0725. The van der Waals surface area contributed by atoms with E-state index in [1.54, 1.807) is 27.0 Å². The van der Waals surface area contributed by atoms with E-state index >= 15 is 0 Å². The molecule has 1 aliphatic heterocycles. The monoisotopic (exact) mass is 349 g/mol. The minimum Gasteiger partial charge on any atom is -0.448 e. The molecule has 2 fully saturated rings. The van der Waals surface area contributed by atoms with Crippen molar-refractivity contribution in [3.63, 3.8) is 0 Å². The van der Waals surface area contributed by atoms with E-state index in [0.717, 1.165) is 13.1 Å². The summed E-state index contributed by atoms with van der Waals surface area (Å²) in [5, 5.41) is 2.71. The van der Waals surface area contributed by atoms with Crippen molar-refractivity contribution in [2.24, 2.45) is 11.8 Å². The summed E-state index contributed by atoms with van der Waals surface area (Å²) in [6.07, 6.45) is 6.21. The Bertz CT molecular complexity index is 596. The fourth-order valence-corrected chi connectivity index (χ4v) is 3.83. The van der Waals surface area contributed by atoms with Gasteiger partial charge in [-0.3, -0.25) is 4.79 Å². The quantitative estimate of drug-likeness (QED) is 0.902. The van der Waals surface area contributed by atoms with Gasteiger partial charge in [0.15, 0.2) is 6.39 Å². The lowest BCUT2D eigenvalue weighted by Crippen LogP contribution is -2.50. The average Bonchev–Trinajstić information content (AvgIpc) is 3.20. The summed E-state index contributed by atoms with van der Waals surface area (Å²) in [4.78, 5) is 30.9. The number of nitrogens with one attached hydrogen (secondary N) is 1. The van der Waals surface area contributed by atoms with Gasteiger partial charge < -0.3 is 19.4 Å². The number of hydrogen-bond donors (Lipinski definition) is 1. The highest BCUT2D eigenvalue weighted by molar-refractivity contribution is 5.86. The smallest absolute Gasteiger partial charge is 0.408 e. The van der Waals surface area contributed by atoms with Crippen LogP contribution in [0.2, 0.25) is 0 Å². The fraction of sp³-hybridized carbons (Fsp3) is 0.722. The van der Waals surface area contributed by atoms with Gasteiger partial charge in [0.25, 0.3) is 0 Å². The second kappa shape index (κ2) is 7.06. The summed E-state index contributed by atoms with van der Waals surface area (Å²) in [5.74, 6) is 1.71. The van der Waals surface area contributed by atoms with E-state index in [1.165, 1.54) is 25.7 Å². The Balaban J connectivity index is 1.67. The zero-order valence-corrected chi connectivity index (χ0v) is 15.2.